The van der Waals surface area contributed by atoms with Crippen molar-refractivity contribution in [1.29, 1.82) is 0 Å². The maximum atomic E-state index is 12.9. The van der Waals surface area contributed by atoms with Crippen molar-refractivity contribution < 1.29 is 13.9 Å². The molecule has 1 aromatic heterocycles. The van der Waals surface area contributed by atoms with Gasteiger partial charge in [0.15, 0.2) is 0 Å². The second-order valence-corrected chi connectivity index (χ2v) is 3.56. The molecule has 5 nitrogen and oxygen atoms in total. The maximum absolute atomic E-state index is 12.9. The van der Waals surface area contributed by atoms with Crippen molar-refractivity contribution in [2.24, 2.45) is 0 Å². The average molecular weight is 241 g/mol. The van der Waals surface area contributed by atoms with Gasteiger partial charge in [-0.15, -0.1) is 0 Å². The van der Waals surface area contributed by atoms with Gasteiger partial charge in [0, 0.05) is 13.2 Å². The van der Waals surface area contributed by atoms with E-state index in [-0.39, 0.29) is 17.5 Å². The number of halogens is 1. The second-order valence-electron chi connectivity index (χ2n) is 3.56. The van der Waals surface area contributed by atoms with Gasteiger partial charge in [-0.3, -0.25) is 4.79 Å². The van der Waals surface area contributed by atoms with Gasteiger partial charge in [0.1, 0.15) is 11.6 Å². The number of amides is 1. The number of rotatable bonds is 5. The van der Waals surface area contributed by atoms with Crippen LogP contribution in [0.25, 0.3) is 0 Å². The van der Waals surface area contributed by atoms with Crippen LogP contribution in [-0.4, -0.2) is 30.1 Å². The Kier molecular flexibility index (Phi) is 4.84. The Morgan fingerprint density at radius 2 is 2.41 bits per heavy atom. The molecule has 94 valence electrons. The van der Waals surface area contributed by atoms with Gasteiger partial charge in [0.25, 0.3) is 5.91 Å². The number of anilines is 1. The SMILES string of the molecule is CCOC(C)CNC(=O)c1cc(F)cnc1N. The molecule has 0 bridgehead atoms. The molecule has 1 amide bonds. The predicted octanol–water partition coefficient (Wildman–Crippen LogP) is 0.958. The first-order chi connectivity index (χ1) is 8.04. The molecule has 0 aliphatic carbocycles. The molecule has 1 rings (SSSR count). The van der Waals surface area contributed by atoms with E-state index in [2.05, 4.69) is 10.3 Å². The molecule has 0 spiro atoms. The third-order valence-corrected chi connectivity index (χ3v) is 2.13. The Labute approximate surface area is 99.2 Å². The summed E-state index contributed by atoms with van der Waals surface area (Å²) in [5.41, 5.74) is 5.52. The Bertz CT molecular complexity index is 398. The zero-order valence-electron chi connectivity index (χ0n) is 9.87. The molecule has 0 saturated carbocycles. The molecule has 0 aliphatic rings. The molecular weight excluding hydrogens is 225 g/mol. The van der Waals surface area contributed by atoms with Crippen molar-refractivity contribution in [3.05, 3.63) is 23.6 Å². The number of hydrogen-bond donors (Lipinski definition) is 2. The van der Waals surface area contributed by atoms with Crippen LogP contribution in [0.3, 0.4) is 0 Å². The fraction of sp³-hybridized carbons (Fsp3) is 0.455. The maximum Gasteiger partial charge on any atom is 0.255 e. The first kappa shape index (κ1) is 13.4. The normalized spacial score (nSPS) is 12.2. The minimum absolute atomic E-state index is 0.00737. The third kappa shape index (κ3) is 3.99. The van der Waals surface area contributed by atoms with Crippen LogP contribution in [0.2, 0.25) is 0 Å². The zero-order chi connectivity index (χ0) is 12.8. The molecule has 0 aliphatic heterocycles. The molecule has 1 unspecified atom stereocenters. The van der Waals surface area contributed by atoms with E-state index >= 15 is 0 Å². The number of ether oxygens (including phenoxy) is 1. The quantitative estimate of drug-likeness (QED) is 0.804. The Morgan fingerprint density at radius 3 is 3.06 bits per heavy atom. The van der Waals surface area contributed by atoms with Gasteiger partial charge >= 0.3 is 0 Å². The highest BCUT2D eigenvalue weighted by Crippen LogP contribution is 2.09. The molecule has 1 atom stereocenters. The number of nitrogens with zero attached hydrogens (tertiary/aromatic N) is 1. The molecule has 3 N–H and O–H groups in total. The van der Waals surface area contributed by atoms with Gasteiger partial charge in [-0.25, -0.2) is 9.37 Å². The highest BCUT2D eigenvalue weighted by atomic mass is 19.1. The summed E-state index contributed by atoms with van der Waals surface area (Å²) < 4.78 is 18.2. The predicted molar refractivity (Wildman–Crippen MR) is 62.0 cm³/mol. The van der Waals surface area contributed by atoms with Gasteiger partial charge in [0.2, 0.25) is 0 Å². The number of nitrogen functional groups attached to an aromatic ring is 1. The van der Waals surface area contributed by atoms with E-state index in [0.717, 1.165) is 12.3 Å². The monoisotopic (exact) mass is 241 g/mol. The number of nitrogens with two attached hydrogens (primary N) is 1. The first-order valence-corrected chi connectivity index (χ1v) is 5.35. The van der Waals surface area contributed by atoms with Crippen LogP contribution < -0.4 is 11.1 Å². The molecule has 1 aromatic rings. The van der Waals surface area contributed by atoms with Gasteiger partial charge < -0.3 is 15.8 Å². The van der Waals surface area contributed by atoms with Crippen molar-refractivity contribution in [3.63, 3.8) is 0 Å². The van der Waals surface area contributed by atoms with E-state index < -0.39 is 11.7 Å². The molecule has 0 aromatic carbocycles. The van der Waals surface area contributed by atoms with E-state index in [1.807, 2.05) is 13.8 Å². The van der Waals surface area contributed by atoms with Crippen LogP contribution in [0.5, 0.6) is 0 Å². The Hall–Kier alpha value is -1.69. The molecule has 0 radical (unpaired) electrons. The van der Waals surface area contributed by atoms with E-state index in [1.54, 1.807) is 0 Å². The minimum atomic E-state index is -0.595. The van der Waals surface area contributed by atoms with Crippen LogP contribution in [0.1, 0.15) is 24.2 Å². The highest BCUT2D eigenvalue weighted by Gasteiger charge is 2.12. The van der Waals surface area contributed by atoms with Gasteiger partial charge in [0.05, 0.1) is 17.9 Å². The zero-order valence-corrected chi connectivity index (χ0v) is 9.87. The van der Waals surface area contributed by atoms with Crippen molar-refractivity contribution in [2.75, 3.05) is 18.9 Å². The summed E-state index contributed by atoms with van der Waals surface area (Å²) >= 11 is 0. The Balaban J connectivity index is 2.61. The van der Waals surface area contributed by atoms with E-state index in [0.29, 0.717) is 13.2 Å². The summed E-state index contributed by atoms with van der Waals surface area (Å²) in [5.74, 6) is -1.05. The van der Waals surface area contributed by atoms with Crippen molar-refractivity contribution in [2.45, 2.75) is 20.0 Å². The van der Waals surface area contributed by atoms with E-state index in [9.17, 15) is 9.18 Å². The number of carbonyl (C=O) groups excluding carboxylic acids is 1. The lowest BCUT2D eigenvalue weighted by Crippen LogP contribution is -2.32. The van der Waals surface area contributed by atoms with Crippen LogP contribution in [0, 0.1) is 5.82 Å². The van der Waals surface area contributed by atoms with Gasteiger partial charge in [-0.05, 0) is 19.9 Å². The fourth-order valence-corrected chi connectivity index (χ4v) is 1.31. The van der Waals surface area contributed by atoms with Crippen LogP contribution in [0.15, 0.2) is 12.3 Å². The molecule has 0 fully saturated rings. The molecule has 0 saturated heterocycles. The van der Waals surface area contributed by atoms with Crippen LogP contribution in [-0.2, 0) is 4.74 Å². The molecule has 17 heavy (non-hydrogen) atoms. The molecule has 6 heteroatoms. The summed E-state index contributed by atoms with van der Waals surface area (Å²) in [7, 11) is 0. The van der Waals surface area contributed by atoms with Crippen LogP contribution in [0.4, 0.5) is 10.2 Å². The summed E-state index contributed by atoms with van der Waals surface area (Å²) in [6, 6.07) is 1.06. The highest BCUT2D eigenvalue weighted by molar-refractivity contribution is 5.98. The van der Waals surface area contributed by atoms with Crippen molar-refractivity contribution >= 4 is 11.7 Å². The van der Waals surface area contributed by atoms with Crippen LogP contribution >= 0.6 is 0 Å². The summed E-state index contributed by atoms with van der Waals surface area (Å²) in [6.45, 7) is 4.60. The first-order valence-electron chi connectivity index (χ1n) is 5.35. The standard InChI is InChI=1S/C11H16FN3O2/c1-3-17-7(2)5-15-11(16)9-4-8(12)6-14-10(9)13/h4,6-7H,3,5H2,1-2H3,(H2,13,14)(H,15,16). The minimum Gasteiger partial charge on any atom is -0.383 e. The summed E-state index contributed by atoms with van der Waals surface area (Å²) in [5, 5.41) is 2.60. The van der Waals surface area contributed by atoms with Gasteiger partial charge in [-0.1, -0.05) is 0 Å². The topological polar surface area (TPSA) is 77.2 Å². The lowest BCUT2D eigenvalue weighted by atomic mass is 10.2. The fourth-order valence-electron chi connectivity index (χ4n) is 1.31. The molecule has 1 heterocycles. The van der Waals surface area contributed by atoms with E-state index in [1.165, 1.54) is 0 Å². The average Bonchev–Trinajstić information content (AvgIpc) is 2.29. The lowest BCUT2D eigenvalue weighted by Gasteiger charge is -2.13. The second kappa shape index (κ2) is 6.15. The van der Waals surface area contributed by atoms with Crippen molar-refractivity contribution in [1.82, 2.24) is 10.3 Å². The number of carbonyl (C=O) groups is 1. The van der Waals surface area contributed by atoms with E-state index in [4.69, 9.17) is 10.5 Å². The summed E-state index contributed by atoms with van der Waals surface area (Å²) in [6.07, 6.45) is 0.862. The largest absolute Gasteiger partial charge is 0.383 e. The van der Waals surface area contributed by atoms with Crippen molar-refractivity contribution in [3.8, 4) is 0 Å². The summed E-state index contributed by atoms with van der Waals surface area (Å²) in [4.78, 5) is 15.2. The van der Waals surface area contributed by atoms with Gasteiger partial charge in [-0.2, -0.15) is 0 Å². The third-order valence-electron chi connectivity index (χ3n) is 2.13. The number of pyridine rings is 1. The lowest BCUT2D eigenvalue weighted by molar-refractivity contribution is 0.0695. The number of hydrogen-bond acceptors (Lipinski definition) is 4. The Morgan fingerprint density at radius 1 is 1.71 bits per heavy atom. The number of nitrogens with one attached hydrogen (secondary N) is 1. The molecular formula is C11H16FN3O2. The smallest absolute Gasteiger partial charge is 0.255 e. The number of aromatic nitrogens is 1.